The molecule has 5 heteroatoms. The zero-order chi connectivity index (χ0) is 15.2. The monoisotopic (exact) mass is 303 g/mol. The van der Waals surface area contributed by atoms with E-state index >= 15 is 0 Å². The van der Waals surface area contributed by atoms with Gasteiger partial charge < -0.3 is 9.64 Å². The smallest absolute Gasteiger partial charge is 0.257 e. The summed E-state index contributed by atoms with van der Waals surface area (Å²) in [5, 5.41) is 4.12. The first-order valence-corrected chi connectivity index (χ1v) is 8.52. The summed E-state index contributed by atoms with van der Waals surface area (Å²) in [4.78, 5) is 14.7. The van der Waals surface area contributed by atoms with E-state index in [0.717, 1.165) is 32.2 Å². The number of carbonyl (C=O) groups is 1. The molecule has 4 rings (SSSR count). The molecule has 3 aliphatic rings. The van der Waals surface area contributed by atoms with Crippen LogP contribution in [0.25, 0.3) is 0 Å². The molecule has 5 nitrogen and oxygen atoms in total. The molecule has 0 N–H and O–H groups in total. The van der Waals surface area contributed by atoms with Crippen LogP contribution in [0.5, 0.6) is 0 Å². The Morgan fingerprint density at radius 2 is 2.32 bits per heavy atom. The summed E-state index contributed by atoms with van der Waals surface area (Å²) in [6, 6.07) is 0. The molecule has 0 bridgehead atoms. The maximum atomic E-state index is 12.7. The van der Waals surface area contributed by atoms with Crippen LogP contribution in [-0.2, 0) is 11.8 Å². The second-order valence-corrected chi connectivity index (χ2v) is 7.50. The van der Waals surface area contributed by atoms with Crippen molar-refractivity contribution in [2.24, 2.45) is 24.3 Å². The number of aryl methyl sites for hydroxylation is 1. The Hall–Kier alpha value is -1.36. The van der Waals surface area contributed by atoms with Gasteiger partial charge in [-0.3, -0.25) is 9.48 Å². The molecule has 0 aromatic carbocycles. The van der Waals surface area contributed by atoms with Crippen molar-refractivity contribution in [1.82, 2.24) is 14.7 Å². The third-order valence-corrected chi connectivity index (χ3v) is 5.72. The van der Waals surface area contributed by atoms with Gasteiger partial charge in [0.05, 0.1) is 18.4 Å². The molecule has 1 aromatic heterocycles. The van der Waals surface area contributed by atoms with E-state index in [-0.39, 0.29) is 11.3 Å². The summed E-state index contributed by atoms with van der Waals surface area (Å²) >= 11 is 0. The largest absolute Gasteiger partial charge is 0.381 e. The Kier molecular flexibility index (Phi) is 3.48. The average molecular weight is 303 g/mol. The first kappa shape index (κ1) is 14.2. The van der Waals surface area contributed by atoms with Crippen molar-refractivity contribution >= 4 is 5.91 Å². The lowest BCUT2D eigenvalue weighted by Crippen LogP contribution is -2.34. The number of fused-ring (bicyclic) bond motifs is 1. The summed E-state index contributed by atoms with van der Waals surface area (Å²) < 4.78 is 7.72. The van der Waals surface area contributed by atoms with E-state index in [1.165, 1.54) is 32.1 Å². The minimum atomic E-state index is 0.129. The highest BCUT2D eigenvalue weighted by atomic mass is 16.5. The molecule has 1 aliphatic heterocycles. The van der Waals surface area contributed by atoms with E-state index in [4.69, 9.17) is 4.74 Å². The van der Waals surface area contributed by atoms with Crippen molar-refractivity contribution in [3.63, 3.8) is 0 Å². The molecule has 3 fully saturated rings. The van der Waals surface area contributed by atoms with Gasteiger partial charge in [-0.05, 0) is 37.5 Å². The van der Waals surface area contributed by atoms with E-state index in [2.05, 4.69) is 5.10 Å². The minimum Gasteiger partial charge on any atom is -0.381 e. The maximum absolute atomic E-state index is 12.7. The van der Waals surface area contributed by atoms with Gasteiger partial charge >= 0.3 is 0 Å². The fraction of sp³-hybridized carbons (Fsp3) is 0.765. The second-order valence-electron chi connectivity index (χ2n) is 7.50. The molecule has 2 atom stereocenters. The molecule has 0 spiro atoms. The summed E-state index contributed by atoms with van der Waals surface area (Å²) in [6.07, 6.45) is 9.89. The molecule has 0 unspecified atom stereocenters. The highest BCUT2D eigenvalue weighted by molar-refractivity contribution is 5.94. The normalized spacial score (nSPS) is 30.8. The van der Waals surface area contributed by atoms with E-state index in [1.807, 2.05) is 18.1 Å². The molecule has 1 aromatic rings. The van der Waals surface area contributed by atoms with Crippen LogP contribution < -0.4 is 0 Å². The third kappa shape index (κ3) is 2.56. The van der Waals surface area contributed by atoms with E-state index < -0.39 is 0 Å². The molecule has 2 saturated carbocycles. The van der Waals surface area contributed by atoms with Gasteiger partial charge in [0.25, 0.3) is 5.91 Å². The average Bonchev–Trinajstić information content (AvgIpc) is 2.92. The molecule has 2 heterocycles. The SMILES string of the molecule is Cn1cc(C(=O)N2C[C@@H]3CCC[C@]3(COCC3CC3)C2)cn1. The number of likely N-dealkylation sites (tertiary alicyclic amines) is 1. The Balaban J connectivity index is 1.42. The topological polar surface area (TPSA) is 47.4 Å². The van der Waals surface area contributed by atoms with Gasteiger partial charge in [-0.2, -0.15) is 5.10 Å². The van der Waals surface area contributed by atoms with E-state index in [1.54, 1.807) is 10.9 Å². The van der Waals surface area contributed by atoms with Crippen LogP contribution in [0.15, 0.2) is 12.4 Å². The highest BCUT2D eigenvalue weighted by Crippen LogP contribution is 2.49. The summed E-state index contributed by atoms with van der Waals surface area (Å²) in [5.74, 6) is 1.56. The summed E-state index contributed by atoms with van der Waals surface area (Å²) in [7, 11) is 1.85. The molecule has 1 saturated heterocycles. The molecular formula is C17H25N3O2. The number of carbonyl (C=O) groups excluding carboxylic acids is 1. The van der Waals surface area contributed by atoms with Gasteiger partial charge in [0, 0.05) is 38.4 Å². The van der Waals surface area contributed by atoms with Crippen molar-refractivity contribution < 1.29 is 9.53 Å². The van der Waals surface area contributed by atoms with E-state index in [0.29, 0.717) is 11.5 Å². The Bertz CT molecular complexity index is 566. The lowest BCUT2D eigenvalue weighted by molar-refractivity contribution is 0.0307. The Morgan fingerprint density at radius 1 is 1.45 bits per heavy atom. The molecule has 2 aliphatic carbocycles. The van der Waals surface area contributed by atoms with Gasteiger partial charge in [0.15, 0.2) is 0 Å². The summed E-state index contributed by atoms with van der Waals surface area (Å²) in [6.45, 7) is 3.51. The molecule has 120 valence electrons. The fourth-order valence-electron chi connectivity index (χ4n) is 4.23. The van der Waals surface area contributed by atoms with Crippen LogP contribution in [0.4, 0.5) is 0 Å². The van der Waals surface area contributed by atoms with Crippen molar-refractivity contribution in [2.75, 3.05) is 26.3 Å². The van der Waals surface area contributed by atoms with Crippen LogP contribution in [0.3, 0.4) is 0 Å². The lowest BCUT2D eigenvalue weighted by Gasteiger charge is -2.28. The second kappa shape index (κ2) is 5.37. The lowest BCUT2D eigenvalue weighted by atomic mass is 9.81. The number of hydrogen-bond donors (Lipinski definition) is 0. The number of aromatic nitrogens is 2. The molecular weight excluding hydrogens is 278 g/mol. The number of ether oxygens (including phenoxy) is 1. The van der Waals surface area contributed by atoms with Gasteiger partial charge in [-0.25, -0.2) is 0 Å². The van der Waals surface area contributed by atoms with Crippen molar-refractivity contribution in [3.8, 4) is 0 Å². The standard InChI is InChI=1S/C17H25N3O2/c1-19-8-14(7-18-19)16(21)20-9-15-3-2-6-17(15,11-20)12-22-10-13-4-5-13/h7-8,13,15H,2-6,9-12H2,1H3/t15-,17+/m0/s1. The molecule has 1 amide bonds. The maximum Gasteiger partial charge on any atom is 0.257 e. The predicted octanol–water partition coefficient (Wildman–Crippen LogP) is 2.09. The molecule has 22 heavy (non-hydrogen) atoms. The van der Waals surface area contributed by atoms with Crippen LogP contribution >= 0.6 is 0 Å². The number of hydrogen-bond acceptors (Lipinski definition) is 3. The quantitative estimate of drug-likeness (QED) is 0.837. The highest BCUT2D eigenvalue weighted by Gasteiger charge is 2.51. The first-order chi connectivity index (χ1) is 10.7. The van der Waals surface area contributed by atoms with Crippen molar-refractivity contribution in [1.29, 1.82) is 0 Å². The number of rotatable bonds is 5. The van der Waals surface area contributed by atoms with Crippen molar-refractivity contribution in [3.05, 3.63) is 18.0 Å². The van der Waals surface area contributed by atoms with Crippen LogP contribution in [0.2, 0.25) is 0 Å². The summed E-state index contributed by atoms with van der Waals surface area (Å²) in [5.41, 5.74) is 0.920. The first-order valence-electron chi connectivity index (χ1n) is 8.52. The Morgan fingerprint density at radius 3 is 3.05 bits per heavy atom. The van der Waals surface area contributed by atoms with Gasteiger partial charge in [-0.1, -0.05) is 6.42 Å². The van der Waals surface area contributed by atoms with Crippen molar-refractivity contribution in [2.45, 2.75) is 32.1 Å². The van der Waals surface area contributed by atoms with Crippen LogP contribution in [0, 0.1) is 17.3 Å². The van der Waals surface area contributed by atoms with Gasteiger partial charge in [-0.15, -0.1) is 0 Å². The van der Waals surface area contributed by atoms with Crippen LogP contribution in [0.1, 0.15) is 42.5 Å². The fourth-order valence-corrected chi connectivity index (χ4v) is 4.23. The predicted molar refractivity (Wildman–Crippen MR) is 82.4 cm³/mol. The zero-order valence-corrected chi connectivity index (χ0v) is 13.3. The zero-order valence-electron chi connectivity index (χ0n) is 13.3. The minimum absolute atomic E-state index is 0.129. The van der Waals surface area contributed by atoms with Gasteiger partial charge in [0.2, 0.25) is 0 Å². The third-order valence-electron chi connectivity index (χ3n) is 5.72. The number of amides is 1. The number of nitrogens with zero attached hydrogens (tertiary/aromatic N) is 3. The van der Waals surface area contributed by atoms with E-state index in [9.17, 15) is 4.79 Å². The Labute approximate surface area is 131 Å². The van der Waals surface area contributed by atoms with Crippen LogP contribution in [-0.4, -0.2) is 46.9 Å². The molecule has 0 radical (unpaired) electrons. The van der Waals surface area contributed by atoms with Gasteiger partial charge in [0.1, 0.15) is 0 Å².